The van der Waals surface area contributed by atoms with Crippen LogP contribution in [0.2, 0.25) is 0 Å². The molecule has 1 fully saturated rings. The van der Waals surface area contributed by atoms with Gasteiger partial charge < -0.3 is 9.15 Å². The zero-order chi connectivity index (χ0) is 27.1. The number of benzene rings is 3. The molecular formula is C27H26N2O7S2. The maximum Gasteiger partial charge on any atom is 0.315 e. The fraction of sp³-hybridized carbons (Fsp3) is 0.259. The molecule has 1 aromatic heterocycles. The summed E-state index contributed by atoms with van der Waals surface area (Å²) in [6, 6.07) is 17.6. The Morgan fingerprint density at radius 3 is 2.58 bits per heavy atom. The number of nitrogens with one attached hydrogen (secondary N) is 1. The Hall–Kier alpha value is -3.38. The Morgan fingerprint density at radius 2 is 1.84 bits per heavy atom. The first kappa shape index (κ1) is 26.2. The van der Waals surface area contributed by atoms with E-state index >= 15 is 0 Å². The smallest absolute Gasteiger partial charge is 0.315 e. The van der Waals surface area contributed by atoms with E-state index < -0.39 is 32.7 Å². The number of hydroxylamine groups is 1. The number of ether oxygens (including phenoxy) is 1. The third kappa shape index (κ3) is 4.90. The number of thioether (sulfide) groups is 1. The lowest BCUT2D eigenvalue weighted by Crippen LogP contribution is -2.61. The van der Waals surface area contributed by atoms with Crippen molar-refractivity contribution >= 4 is 55.6 Å². The summed E-state index contributed by atoms with van der Waals surface area (Å²) in [6.07, 6.45) is 0.0403. The Bertz CT molecular complexity index is 1630. The average Bonchev–Trinajstić information content (AvgIpc) is 3.25. The van der Waals surface area contributed by atoms with Gasteiger partial charge in [0.05, 0.1) is 11.3 Å². The number of para-hydroxylation sites is 1. The number of sulfonamides is 1. The molecule has 2 heterocycles. The molecule has 1 atom stereocenters. The van der Waals surface area contributed by atoms with E-state index in [1.54, 1.807) is 67.9 Å². The fourth-order valence-electron chi connectivity index (χ4n) is 4.75. The van der Waals surface area contributed by atoms with Crippen LogP contribution < -0.4 is 10.2 Å². The van der Waals surface area contributed by atoms with Crippen molar-refractivity contribution in [2.45, 2.75) is 36.0 Å². The number of hydrogen-bond acceptors (Lipinski definition) is 8. The standard InChI is InChI=1S/C27H26N2O7S2/c1-27(2)25(26(31)28-32)29(12-13-37-27)38(33,34)19-9-11-22-21(16-19)20-10-8-17(14-23(20)36-22)15-24(30)35-18-6-4-3-5-7-18/h3-11,14,16,25,32H,12-13,15H2,1-2H3,(H,28,31). The Balaban J connectivity index is 1.45. The lowest BCUT2D eigenvalue weighted by atomic mass is 10.0. The van der Waals surface area contributed by atoms with Gasteiger partial charge in [0.1, 0.15) is 23.0 Å². The molecule has 5 rings (SSSR count). The Kier molecular flexibility index (Phi) is 6.95. The third-order valence-electron chi connectivity index (χ3n) is 6.53. The molecule has 38 heavy (non-hydrogen) atoms. The van der Waals surface area contributed by atoms with Gasteiger partial charge in [0, 0.05) is 27.8 Å². The maximum atomic E-state index is 13.7. The molecule has 198 valence electrons. The highest BCUT2D eigenvalue weighted by Gasteiger charge is 2.48. The molecule has 2 N–H and O–H groups in total. The summed E-state index contributed by atoms with van der Waals surface area (Å²) < 4.78 is 39.1. The normalized spacial score (nSPS) is 17.9. The van der Waals surface area contributed by atoms with Gasteiger partial charge in [0.2, 0.25) is 10.0 Å². The van der Waals surface area contributed by atoms with Crippen molar-refractivity contribution in [2.24, 2.45) is 0 Å². The number of esters is 1. The van der Waals surface area contributed by atoms with Gasteiger partial charge in [-0.2, -0.15) is 16.1 Å². The van der Waals surface area contributed by atoms with Gasteiger partial charge in [-0.25, -0.2) is 13.9 Å². The Labute approximate surface area is 223 Å². The van der Waals surface area contributed by atoms with Crippen molar-refractivity contribution in [3.63, 3.8) is 0 Å². The molecule has 0 saturated carbocycles. The summed E-state index contributed by atoms with van der Waals surface area (Å²) >= 11 is 1.47. The molecule has 1 aliphatic heterocycles. The van der Waals surface area contributed by atoms with Gasteiger partial charge in [-0.3, -0.25) is 14.8 Å². The van der Waals surface area contributed by atoms with Crippen LogP contribution in [-0.4, -0.2) is 52.9 Å². The molecule has 1 unspecified atom stereocenters. The van der Waals surface area contributed by atoms with Gasteiger partial charge in [-0.05, 0) is 55.8 Å². The maximum absolute atomic E-state index is 13.7. The lowest BCUT2D eigenvalue weighted by Gasteiger charge is -2.43. The van der Waals surface area contributed by atoms with E-state index in [9.17, 15) is 23.2 Å². The zero-order valence-corrected chi connectivity index (χ0v) is 22.3. The first-order valence-corrected chi connectivity index (χ1v) is 14.3. The summed E-state index contributed by atoms with van der Waals surface area (Å²) in [5.74, 6) is -0.220. The summed E-state index contributed by atoms with van der Waals surface area (Å²) in [5, 5.41) is 10.6. The van der Waals surface area contributed by atoms with Crippen LogP contribution in [0.5, 0.6) is 5.75 Å². The minimum Gasteiger partial charge on any atom is -0.456 e. The molecule has 0 radical (unpaired) electrons. The van der Waals surface area contributed by atoms with E-state index in [0.29, 0.717) is 39.0 Å². The number of hydrogen-bond donors (Lipinski definition) is 2. The van der Waals surface area contributed by atoms with Crippen LogP contribution >= 0.6 is 11.8 Å². The van der Waals surface area contributed by atoms with Crippen LogP contribution in [0, 0.1) is 0 Å². The summed E-state index contributed by atoms with van der Waals surface area (Å²) in [4.78, 5) is 24.9. The van der Waals surface area contributed by atoms with E-state index in [1.807, 2.05) is 6.07 Å². The molecular weight excluding hydrogens is 528 g/mol. The quantitative estimate of drug-likeness (QED) is 0.158. The molecule has 1 amide bonds. The highest BCUT2D eigenvalue weighted by molar-refractivity contribution is 8.01. The molecule has 1 aliphatic rings. The monoisotopic (exact) mass is 554 g/mol. The average molecular weight is 555 g/mol. The molecule has 9 nitrogen and oxygen atoms in total. The van der Waals surface area contributed by atoms with Crippen molar-refractivity contribution < 1.29 is 32.4 Å². The molecule has 0 spiro atoms. The number of rotatable bonds is 6. The van der Waals surface area contributed by atoms with E-state index in [-0.39, 0.29) is 17.9 Å². The number of fused-ring (bicyclic) bond motifs is 3. The van der Waals surface area contributed by atoms with E-state index in [0.717, 1.165) is 4.31 Å². The third-order valence-corrected chi connectivity index (χ3v) is 9.74. The summed E-state index contributed by atoms with van der Waals surface area (Å²) in [7, 11) is -4.08. The van der Waals surface area contributed by atoms with Crippen molar-refractivity contribution in [2.75, 3.05) is 12.3 Å². The zero-order valence-electron chi connectivity index (χ0n) is 20.7. The SMILES string of the molecule is CC1(C)SCCN(S(=O)(=O)c2ccc3oc4cc(CC(=O)Oc5ccccc5)ccc4c3c2)C1C(=O)NO. The second kappa shape index (κ2) is 10.1. The van der Waals surface area contributed by atoms with Crippen LogP contribution in [0.3, 0.4) is 0 Å². The molecule has 0 aliphatic carbocycles. The first-order valence-electron chi connectivity index (χ1n) is 11.9. The highest BCUT2D eigenvalue weighted by Crippen LogP contribution is 2.39. The molecule has 0 bridgehead atoms. The molecule has 11 heteroatoms. The number of carbonyl (C=O) groups excluding carboxylic acids is 2. The van der Waals surface area contributed by atoms with Gasteiger partial charge in [-0.1, -0.05) is 30.3 Å². The predicted molar refractivity (Wildman–Crippen MR) is 144 cm³/mol. The minimum atomic E-state index is -4.08. The van der Waals surface area contributed by atoms with Gasteiger partial charge in [0.15, 0.2) is 0 Å². The van der Waals surface area contributed by atoms with Crippen LogP contribution in [-0.2, 0) is 26.0 Å². The van der Waals surface area contributed by atoms with Crippen molar-refractivity contribution in [3.05, 3.63) is 72.3 Å². The fourth-order valence-corrected chi connectivity index (χ4v) is 7.88. The highest BCUT2D eigenvalue weighted by atomic mass is 32.2. The van der Waals surface area contributed by atoms with E-state index in [1.165, 1.54) is 23.9 Å². The number of nitrogens with zero attached hydrogens (tertiary/aromatic N) is 1. The molecule has 1 saturated heterocycles. The van der Waals surface area contributed by atoms with E-state index in [4.69, 9.17) is 9.15 Å². The van der Waals surface area contributed by atoms with Crippen LogP contribution in [0.25, 0.3) is 21.9 Å². The Morgan fingerprint density at radius 1 is 1.08 bits per heavy atom. The van der Waals surface area contributed by atoms with Crippen molar-refractivity contribution in [3.8, 4) is 5.75 Å². The lowest BCUT2D eigenvalue weighted by molar-refractivity contribution is -0.134. The molecule has 3 aromatic carbocycles. The minimum absolute atomic E-state index is 0.0154. The number of carbonyl (C=O) groups is 2. The van der Waals surface area contributed by atoms with Gasteiger partial charge in [0.25, 0.3) is 5.91 Å². The van der Waals surface area contributed by atoms with Gasteiger partial charge >= 0.3 is 5.97 Å². The van der Waals surface area contributed by atoms with E-state index in [2.05, 4.69) is 0 Å². The molecule has 4 aromatic rings. The number of amides is 1. The summed E-state index contributed by atoms with van der Waals surface area (Å²) in [5.41, 5.74) is 3.31. The van der Waals surface area contributed by atoms with Crippen molar-refractivity contribution in [1.29, 1.82) is 0 Å². The first-order chi connectivity index (χ1) is 18.1. The van der Waals surface area contributed by atoms with Crippen LogP contribution in [0.1, 0.15) is 19.4 Å². The largest absolute Gasteiger partial charge is 0.456 e. The van der Waals surface area contributed by atoms with Crippen LogP contribution in [0.15, 0.2) is 76.0 Å². The van der Waals surface area contributed by atoms with Gasteiger partial charge in [-0.15, -0.1) is 0 Å². The summed E-state index contributed by atoms with van der Waals surface area (Å²) in [6.45, 7) is 3.68. The number of furan rings is 1. The topological polar surface area (TPSA) is 126 Å². The second-order valence-corrected chi connectivity index (χ2v) is 13.1. The second-order valence-electron chi connectivity index (χ2n) is 9.50. The van der Waals surface area contributed by atoms with Crippen LogP contribution in [0.4, 0.5) is 0 Å². The predicted octanol–water partition coefficient (Wildman–Crippen LogP) is 4.12. The van der Waals surface area contributed by atoms with Crippen molar-refractivity contribution in [1.82, 2.24) is 9.79 Å².